The van der Waals surface area contributed by atoms with Crippen LogP contribution in [0.15, 0.2) is 23.1 Å². The van der Waals surface area contributed by atoms with E-state index in [1.807, 2.05) is 31.4 Å². The Balaban J connectivity index is 2.26. The molecule has 0 aromatic heterocycles. The summed E-state index contributed by atoms with van der Waals surface area (Å²) in [6.45, 7) is 4.55. The molecule has 1 aliphatic heterocycles. The molecule has 0 radical (unpaired) electrons. The van der Waals surface area contributed by atoms with E-state index in [0.717, 1.165) is 16.9 Å². The first-order valence-corrected chi connectivity index (χ1v) is 8.27. The SMILES string of the molecule is CSc1ccc(C)c(C(=O)N2CCCC(C)(C(=O)O)C2)c1. The van der Waals surface area contributed by atoms with Crippen LogP contribution in [0.4, 0.5) is 0 Å². The highest BCUT2D eigenvalue weighted by Gasteiger charge is 2.39. The molecule has 0 bridgehead atoms. The fourth-order valence-corrected chi connectivity index (χ4v) is 3.16. The maximum atomic E-state index is 12.7. The van der Waals surface area contributed by atoms with Gasteiger partial charge in [0.25, 0.3) is 5.91 Å². The Morgan fingerprint density at radius 3 is 2.71 bits per heavy atom. The average molecular weight is 307 g/mol. The lowest BCUT2D eigenvalue weighted by molar-refractivity contribution is -0.150. The summed E-state index contributed by atoms with van der Waals surface area (Å²) in [5, 5.41) is 9.36. The molecule has 0 spiro atoms. The maximum Gasteiger partial charge on any atom is 0.311 e. The number of carboxylic acids is 1. The van der Waals surface area contributed by atoms with Gasteiger partial charge in [-0.05, 0) is 50.6 Å². The van der Waals surface area contributed by atoms with Crippen molar-refractivity contribution in [3.8, 4) is 0 Å². The number of aliphatic carboxylic acids is 1. The lowest BCUT2D eigenvalue weighted by Gasteiger charge is -2.37. The predicted octanol–water partition coefficient (Wildman–Crippen LogP) is 3.04. The van der Waals surface area contributed by atoms with Crippen LogP contribution in [-0.4, -0.2) is 41.2 Å². The van der Waals surface area contributed by atoms with Crippen molar-refractivity contribution in [1.82, 2.24) is 4.90 Å². The molecule has 4 nitrogen and oxygen atoms in total. The van der Waals surface area contributed by atoms with Crippen LogP contribution in [0.5, 0.6) is 0 Å². The smallest absolute Gasteiger partial charge is 0.311 e. The Kier molecular flexibility index (Phi) is 4.61. The Morgan fingerprint density at radius 1 is 1.38 bits per heavy atom. The van der Waals surface area contributed by atoms with Crippen LogP contribution in [0.2, 0.25) is 0 Å². The lowest BCUT2D eigenvalue weighted by atomic mass is 9.82. The van der Waals surface area contributed by atoms with E-state index < -0.39 is 11.4 Å². The first-order valence-electron chi connectivity index (χ1n) is 7.05. The van der Waals surface area contributed by atoms with Gasteiger partial charge in [0, 0.05) is 23.5 Å². The molecule has 1 unspecified atom stereocenters. The van der Waals surface area contributed by atoms with Crippen LogP contribution >= 0.6 is 11.8 Å². The maximum absolute atomic E-state index is 12.7. The highest BCUT2D eigenvalue weighted by atomic mass is 32.2. The Morgan fingerprint density at radius 2 is 2.10 bits per heavy atom. The van der Waals surface area contributed by atoms with E-state index in [2.05, 4.69) is 0 Å². The minimum Gasteiger partial charge on any atom is -0.481 e. The van der Waals surface area contributed by atoms with Crippen LogP contribution in [0.25, 0.3) is 0 Å². The zero-order valence-electron chi connectivity index (χ0n) is 12.7. The summed E-state index contributed by atoms with van der Waals surface area (Å²) in [6.07, 6.45) is 3.33. The molecular formula is C16H21NO3S. The number of aryl methyl sites for hydroxylation is 1. The molecule has 0 saturated carbocycles. The quantitative estimate of drug-likeness (QED) is 0.872. The van der Waals surface area contributed by atoms with E-state index >= 15 is 0 Å². The van der Waals surface area contributed by atoms with Crippen molar-refractivity contribution < 1.29 is 14.7 Å². The van der Waals surface area contributed by atoms with E-state index in [-0.39, 0.29) is 12.5 Å². The minimum absolute atomic E-state index is 0.0597. The number of benzene rings is 1. The highest BCUT2D eigenvalue weighted by Crippen LogP contribution is 2.31. The predicted molar refractivity (Wildman–Crippen MR) is 83.8 cm³/mol. The highest BCUT2D eigenvalue weighted by molar-refractivity contribution is 7.98. The summed E-state index contributed by atoms with van der Waals surface area (Å²) in [5.41, 5.74) is 0.774. The number of hydrogen-bond acceptors (Lipinski definition) is 3. The van der Waals surface area contributed by atoms with Gasteiger partial charge in [-0.1, -0.05) is 6.07 Å². The molecular weight excluding hydrogens is 286 g/mol. The summed E-state index contributed by atoms with van der Waals surface area (Å²) in [5.74, 6) is -0.884. The van der Waals surface area contributed by atoms with Crippen molar-refractivity contribution in [2.75, 3.05) is 19.3 Å². The number of amides is 1. The third-order valence-electron chi connectivity index (χ3n) is 4.18. The van der Waals surface area contributed by atoms with E-state index in [4.69, 9.17) is 0 Å². The minimum atomic E-state index is -0.834. The molecule has 1 atom stereocenters. The molecule has 0 aliphatic carbocycles. The van der Waals surface area contributed by atoms with Crippen LogP contribution in [0.3, 0.4) is 0 Å². The molecule has 2 rings (SSSR count). The van der Waals surface area contributed by atoms with Crippen molar-refractivity contribution in [2.45, 2.75) is 31.6 Å². The van der Waals surface area contributed by atoms with Crippen LogP contribution in [0, 0.1) is 12.3 Å². The van der Waals surface area contributed by atoms with Crippen molar-refractivity contribution in [2.24, 2.45) is 5.41 Å². The van der Waals surface area contributed by atoms with Crippen LogP contribution < -0.4 is 0 Å². The van der Waals surface area contributed by atoms with E-state index in [0.29, 0.717) is 18.5 Å². The fourth-order valence-electron chi connectivity index (χ4n) is 2.72. The monoisotopic (exact) mass is 307 g/mol. The second-order valence-corrected chi connectivity index (χ2v) is 6.76. The third-order valence-corrected chi connectivity index (χ3v) is 4.90. The molecule has 1 N–H and O–H groups in total. The molecule has 1 aliphatic rings. The van der Waals surface area contributed by atoms with Crippen LogP contribution in [0.1, 0.15) is 35.7 Å². The molecule has 1 aromatic rings. The summed E-state index contributed by atoms with van der Waals surface area (Å²) in [7, 11) is 0. The van der Waals surface area contributed by atoms with Gasteiger partial charge in [-0.2, -0.15) is 0 Å². The Hall–Kier alpha value is -1.49. The second-order valence-electron chi connectivity index (χ2n) is 5.88. The van der Waals surface area contributed by atoms with Crippen molar-refractivity contribution >= 4 is 23.6 Å². The first kappa shape index (κ1) is 15.9. The van der Waals surface area contributed by atoms with Crippen molar-refractivity contribution in [3.05, 3.63) is 29.3 Å². The number of hydrogen-bond donors (Lipinski definition) is 1. The Bertz CT molecular complexity index is 573. The summed E-state index contributed by atoms with van der Waals surface area (Å²) >= 11 is 1.60. The Labute approximate surface area is 129 Å². The van der Waals surface area contributed by atoms with Crippen molar-refractivity contribution in [3.63, 3.8) is 0 Å². The van der Waals surface area contributed by atoms with E-state index in [9.17, 15) is 14.7 Å². The average Bonchev–Trinajstić information content (AvgIpc) is 2.47. The topological polar surface area (TPSA) is 57.6 Å². The first-order chi connectivity index (χ1) is 9.87. The number of carbonyl (C=O) groups is 2. The number of thioether (sulfide) groups is 1. The molecule has 1 saturated heterocycles. The van der Waals surface area contributed by atoms with E-state index in [1.165, 1.54) is 0 Å². The van der Waals surface area contributed by atoms with Crippen molar-refractivity contribution in [1.29, 1.82) is 0 Å². The molecule has 5 heteroatoms. The summed E-state index contributed by atoms with van der Waals surface area (Å²) in [6, 6.07) is 5.84. The van der Waals surface area contributed by atoms with E-state index in [1.54, 1.807) is 23.6 Å². The zero-order chi connectivity index (χ0) is 15.6. The van der Waals surface area contributed by atoms with Gasteiger partial charge < -0.3 is 10.0 Å². The van der Waals surface area contributed by atoms with Gasteiger partial charge >= 0.3 is 5.97 Å². The number of nitrogens with zero attached hydrogens (tertiary/aromatic N) is 1. The largest absolute Gasteiger partial charge is 0.481 e. The van der Waals surface area contributed by atoms with Gasteiger partial charge in [-0.15, -0.1) is 11.8 Å². The number of rotatable bonds is 3. The van der Waals surface area contributed by atoms with Gasteiger partial charge in [0.1, 0.15) is 0 Å². The standard InChI is InChI=1S/C16H21NO3S/c1-11-5-6-12(21-3)9-13(11)14(18)17-8-4-7-16(2,10-17)15(19)20/h5-6,9H,4,7-8,10H2,1-3H3,(H,19,20). The van der Waals surface area contributed by atoms with Gasteiger partial charge in [-0.25, -0.2) is 0 Å². The summed E-state index contributed by atoms with van der Waals surface area (Å²) < 4.78 is 0. The van der Waals surface area contributed by atoms with Gasteiger partial charge in [0.05, 0.1) is 5.41 Å². The number of carboxylic acid groups (broad SMARTS) is 1. The van der Waals surface area contributed by atoms with Crippen LogP contribution in [-0.2, 0) is 4.79 Å². The third kappa shape index (κ3) is 3.23. The fraction of sp³-hybridized carbons (Fsp3) is 0.500. The second kappa shape index (κ2) is 6.10. The lowest BCUT2D eigenvalue weighted by Crippen LogP contribution is -2.48. The zero-order valence-corrected chi connectivity index (χ0v) is 13.5. The molecule has 21 heavy (non-hydrogen) atoms. The molecule has 1 amide bonds. The molecule has 1 aromatic carbocycles. The molecule has 1 fully saturated rings. The normalized spacial score (nSPS) is 22.1. The van der Waals surface area contributed by atoms with Gasteiger partial charge in [0.2, 0.25) is 0 Å². The molecule has 1 heterocycles. The number of carbonyl (C=O) groups excluding carboxylic acids is 1. The number of piperidine rings is 1. The number of likely N-dealkylation sites (tertiary alicyclic amines) is 1. The molecule has 114 valence electrons. The summed E-state index contributed by atoms with van der Waals surface area (Å²) in [4.78, 5) is 26.9. The van der Waals surface area contributed by atoms with Gasteiger partial charge in [-0.3, -0.25) is 9.59 Å². The van der Waals surface area contributed by atoms with Gasteiger partial charge in [0.15, 0.2) is 0 Å².